The molecular formula is C51H102Fe6N10O15S4Si2. The second-order valence-electron chi connectivity index (χ2n) is 19.7. The minimum absolute atomic E-state index is 0. The quantitative estimate of drug-likeness (QED) is 0.0240. The van der Waals surface area contributed by atoms with Gasteiger partial charge in [-0.1, -0.05) is 18.7 Å². The number of ketones is 4. The van der Waals surface area contributed by atoms with E-state index in [9.17, 15) is 57.5 Å². The number of rotatable bonds is 50. The zero-order valence-corrected chi connectivity index (χ0v) is 62.8. The summed E-state index contributed by atoms with van der Waals surface area (Å²) in [6.45, 7) is 9.32. The number of Topliss-reactive ketones (excluding diaryl/α,β-unsaturated/α-hetero) is 4. The number of carbonyl (C=O) groups is 9. The molecule has 1 aliphatic rings. The Morgan fingerprint density at radius 1 is 0.432 bits per heavy atom. The molecule has 0 aromatic rings. The van der Waals surface area contributed by atoms with Crippen LogP contribution in [0, 0.1) is 0 Å². The van der Waals surface area contributed by atoms with Crippen LogP contribution >= 0.6 is 49.6 Å². The predicted octanol–water partition coefficient (Wildman–Crippen LogP) is -1.64. The summed E-state index contributed by atoms with van der Waals surface area (Å²) in [5, 5.41) is 11.5. The van der Waals surface area contributed by atoms with Gasteiger partial charge < -0.3 is 81.1 Å². The molecular weight excluding hydrogens is 1510 g/mol. The van der Waals surface area contributed by atoms with E-state index in [2.05, 4.69) is 59.2 Å². The Bertz CT molecular complexity index is 1690. The molecule has 0 aromatic carbocycles. The Labute approximate surface area is 609 Å². The van der Waals surface area contributed by atoms with Gasteiger partial charge in [0.2, 0.25) is 23.6 Å². The van der Waals surface area contributed by atoms with Gasteiger partial charge in [0, 0.05) is 308 Å². The van der Waals surface area contributed by atoms with Gasteiger partial charge in [-0.25, -0.2) is 0 Å². The van der Waals surface area contributed by atoms with Gasteiger partial charge >= 0.3 is 17.6 Å². The van der Waals surface area contributed by atoms with E-state index in [-0.39, 0.29) is 193 Å². The number of thioether (sulfide) groups is 1. The van der Waals surface area contributed by atoms with Gasteiger partial charge in [0.25, 0.3) is 0 Å². The molecule has 4 amide bonds. The van der Waals surface area contributed by atoms with Crippen molar-refractivity contribution in [3.05, 3.63) is 0 Å². The Morgan fingerprint density at radius 2 is 0.705 bits per heavy atom. The van der Waals surface area contributed by atoms with Crippen molar-refractivity contribution >= 4 is 119 Å². The minimum atomic E-state index is -4.24. The van der Waals surface area contributed by atoms with Crippen molar-refractivity contribution in [2.24, 2.45) is 11.5 Å². The molecule has 526 valence electrons. The molecule has 1 aliphatic heterocycles. The predicted molar refractivity (Wildman–Crippen MR) is 334 cm³/mol. The van der Waals surface area contributed by atoms with Crippen LogP contribution in [0.2, 0.25) is 12.1 Å². The second-order valence-corrected chi connectivity index (χ2v) is 26.3. The van der Waals surface area contributed by atoms with Crippen molar-refractivity contribution in [1.82, 2.24) is 40.9 Å². The van der Waals surface area contributed by atoms with Crippen molar-refractivity contribution in [2.45, 2.75) is 128 Å². The van der Waals surface area contributed by atoms with Gasteiger partial charge in [-0.15, -0.1) is 0 Å². The van der Waals surface area contributed by atoms with Gasteiger partial charge in [-0.2, -0.15) is 37.9 Å². The first-order valence-electron chi connectivity index (χ1n) is 28.7. The van der Waals surface area contributed by atoms with Crippen LogP contribution in [-0.2, 0) is 146 Å². The first kappa shape index (κ1) is 105. The van der Waals surface area contributed by atoms with Gasteiger partial charge in [0.05, 0.1) is 0 Å². The van der Waals surface area contributed by atoms with Crippen molar-refractivity contribution in [3.8, 4) is 0 Å². The molecule has 0 radical (unpaired) electrons. The van der Waals surface area contributed by atoms with E-state index in [1.165, 1.54) is 11.8 Å². The molecule has 1 heterocycles. The first-order chi connectivity index (χ1) is 38.9. The number of thiol groups is 3. The van der Waals surface area contributed by atoms with E-state index in [1.807, 2.05) is 26.5 Å². The van der Waals surface area contributed by atoms with Crippen molar-refractivity contribution < 1.29 is 174 Å². The molecule has 0 saturated carbocycles. The van der Waals surface area contributed by atoms with Gasteiger partial charge in [-0.05, 0) is 56.0 Å². The second kappa shape index (κ2) is 69.1. The van der Waals surface area contributed by atoms with Crippen LogP contribution in [0.1, 0.15) is 116 Å². The maximum Gasteiger partial charge on any atom is 0.492 e. The first-order valence-corrected chi connectivity index (χ1v) is 35.6. The van der Waals surface area contributed by atoms with Crippen molar-refractivity contribution in [3.63, 3.8) is 0 Å². The van der Waals surface area contributed by atoms with Crippen LogP contribution in [0.5, 0.6) is 0 Å². The largest absolute Gasteiger partial charge is 0.492 e. The molecule has 0 aliphatic carbocycles. The van der Waals surface area contributed by atoms with E-state index in [0.717, 1.165) is 25.0 Å². The number of hydrogen-bond donors (Lipinski definition) is 15. The van der Waals surface area contributed by atoms with E-state index >= 15 is 0 Å². The van der Waals surface area contributed by atoms with Gasteiger partial charge in [-0.3, -0.25) is 43.2 Å². The van der Waals surface area contributed by atoms with E-state index in [0.29, 0.717) is 198 Å². The fourth-order valence-corrected chi connectivity index (χ4v) is 10.5. The number of nitrogens with two attached hydrogens (primary N) is 2. The third-order valence-electron chi connectivity index (χ3n) is 12.3. The Morgan fingerprint density at radius 3 is 0.932 bits per heavy atom. The molecule has 25 nitrogen and oxygen atoms in total. The standard InChI is InChI=1S/C34H65N5O9S3Si.C13H31N5O5Si.C4H6OS.6Fe/c1-2-4-29(40)5-17-38(18-6-30(41)11-25-49)23-14-35-33(44)9-21-37(16-3-28-52(46,47)48)22-10-34(45)36-15-24-39(19-7-31(42)12-26-50)20-8-32(43)13-27-51;14-4-6-16-12(19)2-9-18(8-1-11-24(21,22)23)10-3-13(20)17-7-5-15;5-4-2-1-3-6-4;;;;;;/h46-51H,2-28H2,1H3,(H,35,44)(H,36,45);21-23H,1-11,14-15H2,(H,16,19)(H,17,20);1-3H2;;;;;;. The topological polar surface area (TPSA) is 388 Å². The smallest absolute Gasteiger partial charge is 0.390 e. The Balaban J connectivity index is -0.000000247. The summed E-state index contributed by atoms with van der Waals surface area (Å²) in [5.74, 6) is 2.25. The third-order valence-corrected chi connectivity index (χ3v) is 16.1. The van der Waals surface area contributed by atoms with Crippen molar-refractivity contribution in [1.29, 1.82) is 0 Å². The SMILES string of the molecule is CCCC(=O)CCN(CCNC(=O)CCN(CCC[Si](O)(O)O)CCC(=O)NCCN(CCC(=O)CCS)CCC(=O)CCS)CCC(=O)CCS.NCCNC(=O)CCN(CCC[Si](O)(O)O)CCC(=O)NCCN.O=C1CCCS1.[Fe].[Fe].[Fe].[Fe].[Fe].[Fe]. The molecule has 0 spiro atoms. The summed E-state index contributed by atoms with van der Waals surface area (Å²) in [5.41, 5.74) is 10.6. The molecule has 1 saturated heterocycles. The summed E-state index contributed by atoms with van der Waals surface area (Å²) in [4.78, 5) is 170. The maximum atomic E-state index is 12.8. The average Bonchev–Trinajstić information content (AvgIpc) is 3.95. The number of carbonyl (C=O) groups excluding carboxylic acids is 9. The summed E-state index contributed by atoms with van der Waals surface area (Å²) < 4.78 is 0. The molecule has 1 fully saturated rings. The monoisotopic (exact) mass is 1610 g/mol. The number of nitrogens with zero attached hydrogens (tertiary/aromatic N) is 4. The summed E-state index contributed by atoms with van der Waals surface area (Å²) in [6, 6.07) is -0.250. The summed E-state index contributed by atoms with van der Waals surface area (Å²) in [7, 11) is -8.30. The normalized spacial score (nSPS) is 11.6. The van der Waals surface area contributed by atoms with Crippen LogP contribution in [-0.4, -0.2) is 259 Å². The van der Waals surface area contributed by atoms with Gasteiger partial charge in [0.15, 0.2) is 5.12 Å². The van der Waals surface area contributed by atoms with Crippen LogP contribution in [0.4, 0.5) is 0 Å². The number of amides is 4. The third kappa shape index (κ3) is 72.5. The molecule has 0 unspecified atom stereocenters. The fourth-order valence-electron chi connectivity index (χ4n) is 7.70. The van der Waals surface area contributed by atoms with E-state index < -0.39 is 17.6 Å². The average molecular weight is 1610 g/mol. The van der Waals surface area contributed by atoms with E-state index in [4.69, 9.17) is 25.9 Å². The molecule has 0 bridgehead atoms. The molecule has 0 atom stereocenters. The molecule has 37 heteroatoms. The Hall–Kier alpha value is 0.701. The molecule has 88 heavy (non-hydrogen) atoms. The molecule has 1 rings (SSSR count). The van der Waals surface area contributed by atoms with Crippen LogP contribution in [0.15, 0.2) is 0 Å². The molecule has 14 N–H and O–H groups in total. The van der Waals surface area contributed by atoms with E-state index in [1.54, 1.807) is 0 Å². The van der Waals surface area contributed by atoms with Crippen LogP contribution in [0.25, 0.3) is 0 Å². The summed E-state index contributed by atoms with van der Waals surface area (Å²) in [6.07, 6.45) is 7.17. The maximum absolute atomic E-state index is 12.8. The minimum Gasteiger partial charge on any atom is -0.390 e. The van der Waals surface area contributed by atoms with Crippen molar-refractivity contribution in [2.75, 3.05) is 141 Å². The zero-order valence-electron chi connectivity index (χ0n) is 50.7. The zero-order chi connectivity index (χ0) is 62.0. The number of nitrogens with one attached hydrogen (secondary N) is 4. The van der Waals surface area contributed by atoms with Crippen LogP contribution < -0.4 is 32.7 Å². The number of hydrogen-bond acceptors (Lipinski definition) is 25. The summed E-state index contributed by atoms with van der Waals surface area (Å²) >= 11 is 13.8. The van der Waals surface area contributed by atoms with Gasteiger partial charge in [0.1, 0.15) is 23.1 Å². The fraction of sp³-hybridized carbons (Fsp3) is 0.824. The Kier molecular flexibility index (Phi) is 82.2. The van der Waals surface area contributed by atoms with Crippen LogP contribution in [0.3, 0.4) is 0 Å². The molecule has 0 aromatic heterocycles.